The molecular weight excluding hydrogens is 460 g/mol. The number of hydrogen-bond donors (Lipinski definition) is 2. The van der Waals surface area contributed by atoms with Gasteiger partial charge in [-0.1, -0.05) is 54.1 Å². The number of halogens is 1. The van der Waals surface area contributed by atoms with Crippen molar-refractivity contribution in [3.8, 4) is 11.3 Å². The van der Waals surface area contributed by atoms with Crippen LogP contribution in [0.4, 0.5) is 0 Å². The molecule has 4 aromatic rings. The van der Waals surface area contributed by atoms with Crippen LogP contribution < -0.4 is 5.32 Å². The van der Waals surface area contributed by atoms with Crippen LogP contribution in [-0.2, 0) is 17.7 Å². The van der Waals surface area contributed by atoms with Gasteiger partial charge in [-0.3, -0.25) is 4.79 Å². The number of nitrogens with one attached hydrogen (secondary N) is 1. The van der Waals surface area contributed by atoms with Crippen LogP contribution in [0.15, 0.2) is 78.9 Å². The van der Waals surface area contributed by atoms with Gasteiger partial charge in [-0.15, -0.1) is 0 Å². The Balaban J connectivity index is 1.59. The Bertz CT molecular complexity index is 1280. The summed E-state index contributed by atoms with van der Waals surface area (Å²) in [6.45, 7) is 0.476. The monoisotopic (exact) mass is 488 g/mol. The van der Waals surface area contributed by atoms with E-state index in [2.05, 4.69) is 11.4 Å². The van der Waals surface area contributed by atoms with Crippen molar-refractivity contribution in [2.75, 3.05) is 7.11 Å². The first-order valence-electron chi connectivity index (χ1n) is 11.8. The Kier molecular flexibility index (Phi) is 8.48. The molecule has 0 spiro atoms. The van der Waals surface area contributed by atoms with Crippen LogP contribution in [0.5, 0.6) is 0 Å². The molecule has 0 aliphatic carbocycles. The van der Waals surface area contributed by atoms with Crippen molar-refractivity contribution in [1.29, 1.82) is 0 Å². The molecule has 0 saturated carbocycles. The summed E-state index contributed by atoms with van der Waals surface area (Å²) in [7, 11) is 1.50. The Morgan fingerprint density at radius 1 is 1.03 bits per heavy atom. The molecule has 2 N–H and O–H groups in total. The smallest absolute Gasteiger partial charge is 0.251 e. The van der Waals surface area contributed by atoms with Gasteiger partial charge < -0.3 is 15.2 Å². The van der Waals surface area contributed by atoms with Gasteiger partial charge in [0.25, 0.3) is 5.91 Å². The van der Waals surface area contributed by atoms with E-state index in [9.17, 15) is 9.90 Å². The molecule has 0 aliphatic heterocycles. The van der Waals surface area contributed by atoms with E-state index in [1.54, 1.807) is 0 Å². The Morgan fingerprint density at radius 2 is 1.80 bits per heavy atom. The van der Waals surface area contributed by atoms with Crippen molar-refractivity contribution in [2.45, 2.75) is 38.5 Å². The summed E-state index contributed by atoms with van der Waals surface area (Å²) in [5.41, 5.74) is 5.47. The van der Waals surface area contributed by atoms with Gasteiger partial charge in [-0.25, -0.2) is 4.98 Å². The summed E-state index contributed by atoms with van der Waals surface area (Å²) < 4.78 is 4.94. The standard InChI is InChI=1S/C29H29ClN2O3/c1-35-27(33)10-6-5-9-22-17-24-18-23(29(34)31-19-20-7-3-2-4-8-20)13-16-26(24)32-28(22)21-11-14-25(30)15-12-21/h2-4,7-8,11-18,27,33H,5-6,9-10,19H2,1H3,(H,31,34). The number of carbonyl (C=O) groups excluding carboxylic acids is 1. The van der Waals surface area contributed by atoms with Crippen LogP contribution in [0, 0.1) is 0 Å². The zero-order valence-corrected chi connectivity index (χ0v) is 20.5. The Morgan fingerprint density at radius 3 is 2.54 bits per heavy atom. The van der Waals surface area contributed by atoms with Gasteiger partial charge in [-0.05, 0) is 73.2 Å². The second-order valence-corrected chi connectivity index (χ2v) is 8.95. The lowest BCUT2D eigenvalue weighted by atomic mass is 9.98. The molecular formula is C29H29ClN2O3. The van der Waals surface area contributed by atoms with Gasteiger partial charge in [0.2, 0.25) is 0 Å². The van der Waals surface area contributed by atoms with E-state index < -0.39 is 6.29 Å². The maximum absolute atomic E-state index is 12.8. The molecule has 180 valence electrons. The molecule has 3 aromatic carbocycles. The molecule has 0 radical (unpaired) electrons. The van der Waals surface area contributed by atoms with E-state index in [1.165, 1.54) is 7.11 Å². The topological polar surface area (TPSA) is 71.5 Å². The van der Waals surface area contributed by atoms with Crippen molar-refractivity contribution in [3.05, 3.63) is 101 Å². The quantitative estimate of drug-likeness (QED) is 0.207. The maximum atomic E-state index is 12.8. The first-order chi connectivity index (χ1) is 17.0. The fourth-order valence-corrected chi connectivity index (χ4v) is 4.17. The number of amides is 1. The minimum atomic E-state index is -0.738. The normalized spacial score (nSPS) is 12.0. The number of methoxy groups -OCH3 is 1. The average molecular weight is 489 g/mol. The Labute approximate surface area is 210 Å². The van der Waals surface area contributed by atoms with Gasteiger partial charge >= 0.3 is 0 Å². The van der Waals surface area contributed by atoms with Crippen molar-refractivity contribution in [3.63, 3.8) is 0 Å². The van der Waals surface area contributed by atoms with Crippen LogP contribution in [-0.4, -0.2) is 29.4 Å². The van der Waals surface area contributed by atoms with Crippen molar-refractivity contribution in [2.24, 2.45) is 0 Å². The number of rotatable bonds is 10. The molecule has 4 rings (SSSR count). The molecule has 1 amide bonds. The summed E-state index contributed by atoms with van der Waals surface area (Å²) in [6.07, 6.45) is 2.35. The maximum Gasteiger partial charge on any atom is 0.251 e. The number of pyridine rings is 1. The van der Waals surface area contributed by atoms with Crippen LogP contribution in [0.1, 0.15) is 40.7 Å². The highest BCUT2D eigenvalue weighted by Gasteiger charge is 2.13. The molecule has 1 unspecified atom stereocenters. The summed E-state index contributed by atoms with van der Waals surface area (Å²) in [4.78, 5) is 17.7. The largest absolute Gasteiger partial charge is 0.368 e. The minimum Gasteiger partial charge on any atom is -0.368 e. The molecule has 0 bridgehead atoms. The Hall–Kier alpha value is -3.25. The second kappa shape index (κ2) is 11.9. The van der Waals surface area contributed by atoms with Crippen LogP contribution >= 0.6 is 11.6 Å². The van der Waals surface area contributed by atoms with Crippen LogP contribution in [0.3, 0.4) is 0 Å². The molecule has 1 aromatic heterocycles. The number of carbonyl (C=O) groups is 1. The molecule has 0 fully saturated rings. The number of benzene rings is 3. The molecule has 1 atom stereocenters. The number of aliphatic hydroxyl groups is 1. The van der Waals surface area contributed by atoms with Crippen molar-refractivity contribution in [1.82, 2.24) is 10.3 Å². The number of hydrogen-bond acceptors (Lipinski definition) is 4. The highest BCUT2D eigenvalue weighted by atomic mass is 35.5. The van der Waals surface area contributed by atoms with Crippen LogP contribution in [0.2, 0.25) is 5.02 Å². The zero-order valence-electron chi connectivity index (χ0n) is 19.7. The number of aromatic nitrogens is 1. The number of ether oxygens (including phenoxy) is 1. The van der Waals surface area contributed by atoms with Crippen LogP contribution in [0.25, 0.3) is 22.2 Å². The van der Waals surface area contributed by atoms with E-state index in [4.69, 9.17) is 21.3 Å². The highest BCUT2D eigenvalue weighted by molar-refractivity contribution is 6.30. The second-order valence-electron chi connectivity index (χ2n) is 8.51. The van der Waals surface area contributed by atoms with E-state index >= 15 is 0 Å². The predicted molar refractivity (Wildman–Crippen MR) is 140 cm³/mol. The average Bonchev–Trinajstić information content (AvgIpc) is 2.89. The predicted octanol–water partition coefficient (Wildman–Crippen LogP) is 6.16. The summed E-state index contributed by atoms with van der Waals surface area (Å²) >= 11 is 6.10. The lowest BCUT2D eigenvalue weighted by molar-refractivity contribution is -0.0792. The van der Waals surface area contributed by atoms with Gasteiger partial charge in [-0.2, -0.15) is 0 Å². The first kappa shape index (κ1) is 24.9. The fraction of sp³-hybridized carbons (Fsp3) is 0.241. The fourth-order valence-electron chi connectivity index (χ4n) is 4.04. The van der Waals surface area contributed by atoms with E-state index in [0.717, 1.165) is 52.5 Å². The SMILES string of the molecule is COC(O)CCCCc1cc2cc(C(=O)NCc3ccccc3)ccc2nc1-c1ccc(Cl)cc1. The third-order valence-corrected chi connectivity index (χ3v) is 6.24. The molecule has 6 heteroatoms. The summed E-state index contributed by atoms with van der Waals surface area (Å²) in [5, 5.41) is 14.3. The lowest BCUT2D eigenvalue weighted by Crippen LogP contribution is -2.22. The molecule has 5 nitrogen and oxygen atoms in total. The van der Waals surface area contributed by atoms with E-state index in [0.29, 0.717) is 23.6 Å². The van der Waals surface area contributed by atoms with E-state index in [1.807, 2.05) is 72.8 Å². The lowest BCUT2D eigenvalue weighted by Gasteiger charge is -2.13. The molecule has 1 heterocycles. The summed E-state index contributed by atoms with van der Waals surface area (Å²) in [5.74, 6) is -0.118. The number of nitrogens with zero attached hydrogens (tertiary/aromatic N) is 1. The van der Waals surface area contributed by atoms with Gasteiger partial charge in [0.15, 0.2) is 6.29 Å². The molecule has 35 heavy (non-hydrogen) atoms. The van der Waals surface area contributed by atoms with Crippen molar-refractivity contribution >= 4 is 28.4 Å². The van der Waals surface area contributed by atoms with Gasteiger partial charge in [0, 0.05) is 35.2 Å². The highest BCUT2D eigenvalue weighted by Crippen LogP contribution is 2.29. The molecule has 0 saturated heterocycles. The number of fused-ring (bicyclic) bond motifs is 1. The first-order valence-corrected chi connectivity index (χ1v) is 12.1. The third kappa shape index (κ3) is 6.67. The number of aliphatic hydroxyl groups excluding tert-OH is 1. The van der Waals surface area contributed by atoms with E-state index in [-0.39, 0.29) is 5.91 Å². The molecule has 0 aliphatic rings. The number of aryl methyl sites for hydroxylation is 1. The van der Waals surface area contributed by atoms with Gasteiger partial charge in [0.05, 0.1) is 11.2 Å². The zero-order chi connectivity index (χ0) is 24.6. The van der Waals surface area contributed by atoms with Gasteiger partial charge in [0.1, 0.15) is 0 Å². The van der Waals surface area contributed by atoms with Crippen molar-refractivity contribution < 1.29 is 14.6 Å². The minimum absolute atomic E-state index is 0.118. The summed E-state index contributed by atoms with van der Waals surface area (Å²) in [6, 6.07) is 25.2. The number of unbranched alkanes of at least 4 members (excludes halogenated alkanes) is 1. The third-order valence-electron chi connectivity index (χ3n) is 5.99.